The first kappa shape index (κ1) is 13.8. The topological polar surface area (TPSA) is 66.9 Å². The number of amides is 1. The average Bonchev–Trinajstić information content (AvgIpc) is 2.36. The van der Waals surface area contributed by atoms with Crippen molar-refractivity contribution in [2.24, 2.45) is 0 Å². The molecule has 0 aromatic carbocycles. The molecular formula is C11H18N4OS. The summed E-state index contributed by atoms with van der Waals surface area (Å²) in [6, 6.07) is 0. The van der Waals surface area contributed by atoms with Crippen LogP contribution in [-0.4, -0.2) is 40.5 Å². The predicted octanol–water partition coefficient (Wildman–Crippen LogP) is 1.39. The highest BCUT2D eigenvalue weighted by Gasteiger charge is 2.18. The van der Waals surface area contributed by atoms with Crippen LogP contribution in [0.1, 0.15) is 24.3 Å². The zero-order valence-electron chi connectivity index (χ0n) is 10.6. The van der Waals surface area contributed by atoms with E-state index < -0.39 is 0 Å². The Morgan fingerprint density at radius 3 is 2.59 bits per heavy atom. The van der Waals surface area contributed by atoms with Crippen LogP contribution in [0, 0.1) is 0 Å². The second-order valence-corrected chi connectivity index (χ2v) is 5.70. The largest absolute Gasteiger partial charge is 0.372 e. The highest BCUT2D eigenvalue weighted by Crippen LogP contribution is 2.19. The van der Waals surface area contributed by atoms with Crippen molar-refractivity contribution in [3.05, 3.63) is 18.1 Å². The van der Waals surface area contributed by atoms with Gasteiger partial charge < -0.3 is 10.6 Å². The molecule has 94 valence electrons. The van der Waals surface area contributed by atoms with Gasteiger partial charge in [0.05, 0.1) is 12.4 Å². The molecule has 1 rings (SSSR count). The molecule has 1 amide bonds. The van der Waals surface area contributed by atoms with Crippen LogP contribution in [0.2, 0.25) is 0 Å². The molecule has 5 nitrogen and oxygen atoms in total. The molecule has 0 bridgehead atoms. The molecular weight excluding hydrogens is 236 g/mol. The lowest BCUT2D eigenvalue weighted by Gasteiger charge is -2.21. The van der Waals surface area contributed by atoms with E-state index in [-0.39, 0.29) is 10.7 Å². The highest BCUT2D eigenvalue weighted by molar-refractivity contribution is 7.99. The summed E-state index contributed by atoms with van der Waals surface area (Å²) in [7, 11) is 1.75. The second kappa shape index (κ2) is 5.86. The normalized spacial score (nSPS) is 11.1. The molecule has 17 heavy (non-hydrogen) atoms. The van der Waals surface area contributed by atoms with Gasteiger partial charge in [0.25, 0.3) is 5.91 Å². The molecule has 2 N–H and O–H groups in total. The lowest BCUT2D eigenvalue weighted by molar-refractivity contribution is 0.0945. The monoisotopic (exact) mass is 254 g/mol. The minimum Gasteiger partial charge on any atom is -0.372 e. The summed E-state index contributed by atoms with van der Waals surface area (Å²) < 4.78 is 0.0218. The number of nitrogens with zero attached hydrogens (tertiary/aromatic N) is 2. The number of thioether (sulfide) groups is 1. The zero-order chi connectivity index (χ0) is 12.9. The summed E-state index contributed by atoms with van der Waals surface area (Å²) in [6.07, 6.45) is 5.02. The van der Waals surface area contributed by atoms with Gasteiger partial charge in [0, 0.05) is 18.3 Å². The maximum Gasteiger partial charge on any atom is 0.271 e. The molecule has 1 heterocycles. The summed E-state index contributed by atoms with van der Waals surface area (Å²) in [5, 5.41) is 5.69. The quantitative estimate of drug-likeness (QED) is 0.831. The van der Waals surface area contributed by atoms with Gasteiger partial charge in [-0.2, -0.15) is 11.8 Å². The smallest absolute Gasteiger partial charge is 0.271 e. The van der Waals surface area contributed by atoms with E-state index in [0.717, 1.165) is 0 Å². The average molecular weight is 254 g/mol. The van der Waals surface area contributed by atoms with E-state index in [1.54, 1.807) is 18.8 Å². The Labute approximate surface area is 106 Å². The third-order valence-corrected chi connectivity index (χ3v) is 3.62. The molecule has 0 saturated carbocycles. The van der Waals surface area contributed by atoms with Crippen molar-refractivity contribution in [2.75, 3.05) is 25.2 Å². The molecule has 0 aliphatic carbocycles. The van der Waals surface area contributed by atoms with Crippen LogP contribution < -0.4 is 10.6 Å². The number of rotatable bonds is 5. The summed E-state index contributed by atoms with van der Waals surface area (Å²) in [5.41, 5.74) is 0.334. The predicted molar refractivity (Wildman–Crippen MR) is 71.5 cm³/mol. The minimum atomic E-state index is -0.192. The van der Waals surface area contributed by atoms with Gasteiger partial charge >= 0.3 is 0 Å². The summed E-state index contributed by atoms with van der Waals surface area (Å²) >= 11 is 1.71. The van der Waals surface area contributed by atoms with Crippen LogP contribution in [0.25, 0.3) is 0 Å². The van der Waals surface area contributed by atoms with E-state index in [4.69, 9.17) is 0 Å². The number of aromatic nitrogens is 2. The maximum absolute atomic E-state index is 11.8. The van der Waals surface area contributed by atoms with Crippen LogP contribution in [0.5, 0.6) is 0 Å². The van der Waals surface area contributed by atoms with Crippen molar-refractivity contribution >= 4 is 23.5 Å². The number of nitrogens with one attached hydrogen (secondary N) is 2. The summed E-state index contributed by atoms with van der Waals surface area (Å²) in [4.78, 5) is 19.8. The van der Waals surface area contributed by atoms with Crippen LogP contribution in [-0.2, 0) is 0 Å². The number of anilines is 1. The third kappa shape index (κ3) is 4.22. The maximum atomic E-state index is 11.8. The van der Waals surface area contributed by atoms with Gasteiger partial charge in [0.1, 0.15) is 11.5 Å². The Balaban J connectivity index is 2.58. The van der Waals surface area contributed by atoms with E-state index >= 15 is 0 Å². The first-order chi connectivity index (χ1) is 7.98. The highest BCUT2D eigenvalue weighted by atomic mass is 32.2. The van der Waals surface area contributed by atoms with Crippen molar-refractivity contribution < 1.29 is 4.79 Å². The van der Waals surface area contributed by atoms with Gasteiger partial charge in [-0.05, 0) is 20.1 Å². The molecule has 1 aromatic heterocycles. The first-order valence-electron chi connectivity index (χ1n) is 5.31. The van der Waals surface area contributed by atoms with Gasteiger partial charge in [0.2, 0.25) is 0 Å². The molecule has 1 aromatic rings. The molecule has 0 spiro atoms. The van der Waals surface area contributed by atoms with Gasteiger partial charge in [-0.3, -0.25) is 4.79 Å². The molecule has 0 aliphatic rings. The van der Waals surface area contributed by atoms with E-state index in [9.17, 15) is 4.79 Å². The fourth-order valence-corrected chi connectivity index (χ4v) is 1.25. The molecule has 0 unspecified atom stereocenters. The Bertz CT molecular complexity index is 378. The van der Waals surface area contributed by atoms with E-state index in [1.165, 1.54) is 12.4 Å². The Morgan fingerprint density at radius 1 is 1.41 bits per heavy atom. The van der Waals surface area contributed by atoms with Crippen LogP contribution >= 0.6 is 11.8 Å². The SMILES string of the molecule is CNc1cnc(C(=O)NCC(C)(C)SC)cn1. The fourth-order valence-electron chi connectivity index (χ4n) is 1.03. The van der Waals surface area contributed by atoms with Crippen molar-refractivity contribution in [2.45, 2.75) is 18.6 Å². The van der Waals surface area contributed by atoms with Gasteiger partial charge in [-0.15, -0.1) is 0 Å². The lowest BCUT2D eigenvalue weighted by Crippen LogP contribution is -2.36. The van der Waals surface area contributed by atoms with Crippen LogP contribution in [0.15, 0.2) is 12.4 Å². The van der Waals surface area contributed by atoms with Crippen molar-refractivity contribution in [3.63, 3.8) is 0 Å². The minimum absolute atomic E-state index is 0.0218. The van der Waals surface area contributed by atoms with E-state index in [2.05, 4.69) is 34.4 Å². The third-order valence-electron chi connectivity index (χ3n) is 2.37. The van der Waals surface area contributed by atoms with E-state index in [1.807, 2.05) is 6.26 Å². The fraction of sp³-hybridized carbons (Fsp3) is 0.545. The molecule has 0 atom stereocenters. The zero-order valence-corrected chi connectivity index (χ0v) is 11.4. The standard InChI is InChI=1S/C11H18N4OS/c1-11(2,17-4)7-15-10(16)8-5-14-9(12-3)6-13-8/h5-6H,7H2,1-4H3,(H,12,14)(H,15,16). The molecule has 0 aliphatic heterocycles. The molecule has 0 saturated heterocycles. The number of hydrogen-bond acceptors (Lipinski definition) is 5. The number of carbonyl (C=O) groups excluding carboxylic acids is 1. The van der Waals surface area contributed by atoms with Crippen molar-refractivity contribution in [3.8, 4) is 0 Å². The Kier molecular flexibility index (Phi) is 4.74. The Morgan fingerprint density at radius 2 is 2.12 bits per heavy atom. The van der Waals surface area contributed by atoms with Gasteiger partial charge in [0.15, 0.2) is 0 Å². The van der Waals surface area contributed by atoms with Crippen molar-refractivity contribution in [1.29, 1.82) is 0 Å². The van der Waals surface area contributed by atoms with Crippen molar-refractivity contribution in [1.82, 2.24) is 15.3 Å². The van der Waals surface area contributed by atoms with E-state index in [0.29, 0.717) is 18.1 Å². The second-order valence-electron chi connectivity index (χ2n) is 4.18. The number of hydrogen-bond donors (Lipinski definition) is 2. The molecule has 6 heteroatoms. The first-order valence-corrected chi connectivity index (χ1v) is 6.54. The van der Waals surface area contributed by atoms with Crippen LogP contribution in [0.3, 0.4) is 0 Å². The number of carbonyl (C=O) groups is 1. The lowest BCUT2D eigenvalue weighted by atomic mass is 10.2. The molecule has 0 radical (unpaired) electrons. The van der Waals surface area contributed by atoms with Crippen LogP contribution in [0.4, 0.5) is 5.82 Å². The van der Waals surface area contributed by atoms with Gasteiger partial charge in [-0.25, -0.2) is 9.97 Å². The summed E-state index contributed by atoms with van der Waals surface area (Å²) in [6.45, 7) is 4.75. The molecule has 0 fully saturated rings. The van der Waals surface area contributed by atoms with Gasteiger partial charge in [-0.1, -0.05) is 0 Å². The summed E-state index contributed by atoms with van der Waals surface area (Å²) in [5.74, 6) is 0.452. The Hall–Kier alpha value is -1.30.